The van der Waals surface area contributed by atoms with Crippen molar-refractivity contribution in [3.63, 3.8) is 0 Å². The molecule has 3 aromatic rings. The molecule has 0 saturated carbocycles. The number of likely N-dealkylation sites (tertiary alicyclic amines) is 1. The molecule has 34 heavy (non-hydrogen) atoms. The van der Waals surface area contributed by atoms with Gasteiger partial charge in [-0.2, -0.15) is 0 Å². The Labute approximate surface area is 201 Å². The molecule has 1 aromatic heterocycles. The third-order valence-corrected chi connectivity index (χ3v) is 6.24. The summed E-state index contributed by atoms with van der Waals surface area (Å²) in [4.78, 5) is 6.53. The number of ether oxygens (including phenoxy) is 3. The van der Waals surface area contributed by atoms with Gasteiger partial charge in [0.15, 0.2) is 11.5 Å². The number of piperidine rings is 1. The van der Waals surface area contributed by atoms with E-state index < -0.39 is 5.60 Å². The Kier molecular flexibility index (Phi) is 8.08. The van der Waals surface area contributed by atoms with E-state index in [9.17, 15) is 5.11 Å². The summed E-state index contributed by atoms with van der Waals surface area (Å²) in [7, 11) is 1.67. The molecule has 2 aromatic carbocycles. The van der Waals surface area contributed by atoms with Gasteiger partial charge in [0.05, 0.1) is 13.7 Å². The SMILES string of the molecule is COc1cc(CN2CCC[C@@](O)(COc3ccccc3)C2)ccc1OCCCn1ccnc1C. The maximum Gasteiger partial charge on any atom is 0.161 e. The van der Waals surface area contributed by atoms with Crippen LogP contribution in [0.4, 0.5) is 0 Å². The molecule has 2 heterocycles. The maximum absolute atomic E-state index is 11.1. The van der Waals surface area contributed by atoms with Crippen molar-refractivity contribution in [1.82, 2.24) is 14.5 Å². The molecule has 0 unspecified atom stereocenters. The van der Waals surface area contributed by atoms with E-state index in [0.717, 1.165) is 67.5 Å². The number of aryl methyl sites for hydroxylation is 2. The van der Waals surface area contributed by atoms with Gasteiger partial charge >= 0.3 is 0 Å². The van der Waals surface area contributed by atoms with Crippen molar-refractivity contribution in [3.8, 4) is 17.2 Å². The Hall–Kier alpha value is -3.03. The Morgan fingerprint density at radius 1 is 1.09 bits per heavy atom. The number of para-hydroxylation sites is 1. The van der Waals surface area contributed by atoms with Gasteiger partial charge in [-0.15, -0.1) is 0 Å². The average molecular weight is 466 g/mol. The van der Waals surface area contributed by atoms with Crippen LogP contribution in [0.1, 0.15) is 30.7 Å². The third kappa shape index (κ3) is 6.52. The number of imidazole rings is 1. The first-order valence-electron chi connectivity index (χ1n) is 11.9. The lowest BCUT2D eigenvalue weighted by Gasteiger charge is -2.39. The summed E-state index contributed by atoms with van der Waals surface area (Å²) >= 11 is 0. The van der Waals surface area contributed by atoms with Gasteiger partial charge in [0.25, 0.3) is 0 Å². The number of rotatable bonds is 11. The molecular formula is C27H35N3O4. The van der Waals surface area contributed by atoms with Crippen LogP contribution in [-0.4, -0.2) is 58.6 Å². The van der Waals surface area contributed by atoms with Gasteiger partial charge in [0.2, 0.25) is 0 Å². The maximum atomic E-state index is 11.1. The number of aliphatic hydroxyl groups is 1. The summed E-state index contributed by atoms with van der Waals surface area (Å²) in [6.45, 7) is 6.04. The lowest BCUT2D eigenvalue weighted by molar-refractivity contribution is -0.0621. The molecule has 0 bridgehead atoms. The minimum absolute atomic E-state index is 0.294. The molecule has 0 radical (unpaired) electrons. The molecule has 7 nitrogen and oxygen atoms in total. The number of β-amino-alcohol motifs (C(OH)–C–C–N with tert-alkyl or cyclic N) is 1. The summed E-state index contributed by atoms with van der Waals surface area (Å²) < 4.78 is 19.6. The van der Waals surface area contributed by atoms with Crippen molar-refractivity contribution < 1.29 is 19.3 Å². The fraction of sp³-hybridized carbons (Fsp3) is 0.444. The second-order valence-electron chi connectivity index (χ2n) is 9.00. The van der Waals surface area contributed by atoms with Crippen LogP contribution in [0.2, 0.25) is 0 Å². The smallest absolute Gasteiger partial charge is 0.161 e. The summed E-state index contributed by atoms with van der Waals surface area (Å²) in [5, 5.41) is 11.1. The van der Waals surface area contributed by atoms with E-state index in [1.807, 2.05) is 61.8 Å². The van der Waals surface area contributed by atoms with Gasteiger partial charge < -0.3 is 23.9 Å². The first-order chi connectivity index (χ1) is 16.5. The van der Waals surface area contributed by atoms with Crippen LogP contribution < -0.4 is 14.2 Å². The predicted molar refractivity (Wildman–Crippen MR) is 131 cm³/mol. The van der Waals surface area contributed by atoms with E-state index in [-0.39, 0.29) is 0 Å². The molecule has 0 amide bonds. The molecule has 1 aliphatic heterocycles. The minimum Gasteiger partial charge on any atom is -0.493 e. The predicted octanol–water partition coefficient (Wildman–Crippen LogP) is 4.08. The van der Waals surface area contributed by atoms with Crippen LogP contribution in [0, 0.1) is 6.92 Å². The van der Waals surface area contributed by atoms with Gasteiger partial charge in [-0.25, -0.2) is 4.98 Å². The number of nitrogens with zero attached hydrogens (tertiary/aromatic N) is 3. The Bertz CT molecular complexity index is 1040. The van der Waals surface area contributed by atoms with Crippen molar-refractivity contribution in [2.45, 2.75) is 44.9 Å². The largest absolute Gasteiger partial charge is 0.493 e. The molecule has 0 aliphatic carbocycles. The number of benzene rings is 2. The Balaban J connectivity index is 1.29. The van der Waals surface area contributed by atoms with Gasteiger partial charge in [0.1, 0.15) is 23.8 Å². The Morgan fingerprint density at radius 2 is 1.94 bits per heavy atom. The van der Waals surface area contributed by atoms with E-state index in [0.29, 0.717) is 19.8 Å². The highest BCUT2D eigenvalue weighted by Gasteiger charge is 2.34. The van der Waals surface area contributed by atoms with Crippen LogP contribution in [0.3, 0.4) is 0 Å². The van der Waals surface area contributed by atoms with Crippen molar-refractivity contribution in [1.29, 1.82) is 0 Å². The van der Waals surface area contributed by atoms with Gasteiger partial charge in [-0.3, -0.25) is 4.90 Å². The first-order valence-corrected chi connectivity index (χ1v) is 11.9. The average Bonchev–Trinajstić information content (AvgIpc) is 3.26. The summed E-state index contributed by atoms with van der Waals surface area (Å²) in [6, 6.07) is 15.7. The van der Waals surface area contributed by atoms with Gasteiger partial charge in [-0.05, 0) is 62.6 Å². The molecule has 1 fully saturated rings. The van der Waals surface area contributed by atoms with E-state index in [1.54, 1.807) is 7.11 Å². The molecule has 1 atom stereocenters. The highest BCUT2D eigenvalue weighted by Crippen LogP contribution is 2.30. The molecule has 1 aliphatic rings. The van der Waals surface area contributed by atoms with Crippen LogP contribution in [-0.2, 0) is 13.1 Å². The highest BCUT2D eigenvalue weighted by molar-refractivity contribution is 5.43. The van der Waals surface area contributed by atoms with Crippen molar-refractivity contribution in [2.24, 2.45) is 0 Å². The second-order valence-corrected chi connectivity index (χ2v) is 9.00. The van der Waals surface area contributed by atoms with Crippen LogP contribution in [0.25, 0.3) is 0 Å². The monoisotopic (exact) mass is 465 g/mol. The molecule has 182 valence electrons. The molecule has 1 N–H and O–H groups in total. The number of methoxy groups -OCH3 is 1. The normalized spacial score (nSPS) is 18.6. The van der Waals surface area contributed by atoms with Crippen molar-refractivity contribution in [2.75, 3.05) is 33.4 Å². The lowest BCUT2D eigenvalue weighted by Crippen LogP contribution is -2.51. The summed E-state index contributed by atoms with van der Waals surface area (Å²) in [6.07, 6.45) is 6.37. The fourth-order valence-electron chi connectivity index (χ4n) is 4.44. The van der Waals surface area contributed by atoms with Gasteiger partial charge in [0, 0.05) is 32.0 Å². The van der Waals surface area contributed by atoms with E-state index in [1.165, 1.54) is 0 Å². The van der Waals surface area contributed by atoms with Gasteiger partial charge in [-0.1, -0.05) is 24.3 Å². The van der Waals surface area contributed by atoms with E-state index in [2.05, 4.69) is 20.5 Å². The number of aromatic nitrogens is 2. The molecule has 1 saturated heterocycles. The zero-order chi connectivity index (χ0) is 23.8. The molecule has 7 heteroatoms. The standard InChI is InChI=1S/C27H35N3O4/c1-22-28-13-16-30(22)15-7-17-33-25-11-10-23(18-26(25)32-2)19-29-14-6-12-27(31,20-29)21-34-24-8-4-3-5-9-24/h3-5,8-11,13,16,18,31H,6-7,12,14-15,17,19-21H2,1-2H3/t27-/m0/s1. The zero-order valence-electron chi connectivity index (χ0n) is 20.2. The Morgan fingerprint density at radius 3 is 2.71 bits per heavy atom. The molecule has 0 spiro atoms. The fourth-order valence-corrected chi connectivity index (χ4v) is 4.44. The highest BCUT2D eigenvalue weighted by atomic mass is 16.5. The topological polar surface area (TPSA) is 69.0 Å². The van der Waals surface area contributed by atoms with Crippen molar-refractivity contribution >= 4 is 0 Å². The first kappa shape index (κ1) is 24.1. The van der Waals surface area contributed by atoms with Crippen LogP contribution in [0.15, 0.2) is 60.9 Å². The number of hydrogen-bond donors (Lipinski definition) is 1. The summed E-state index contributed by atoms with van der Waals surface area (Å²) in [5.41, 5.74) is 0.279. The van der Waals surface area contributed by atoms with Crippen LogP contribution in [0.5, 0.6) is 17.2 Å². The summed E-state index contributed by atoms with van der Waals surface area (Å²) in [5.74, 6) is 3.28. The third-order valence-electron chi connectivity index (χ3n) is 6.24. The van der Waals surface area contributed by atoms with Crippen LogP contribution >= 0.6 is 0 Å². The molecular weight excluding hydrogens is 430 g/mol. The zero-order valence-corrected chi connectivity index (χ0v) is 20.2. The minimum atomic E-state index is -0.852. The van der Waals surface area contributed by atoms with E-state index in [4.69, 9.17) is 14.2 Å². The second kappa shape index (κ2) is 11.4. The lowest BCUT2D eigenvalue weighted by atomic mass is 9.93. The van der Waals surface area contributed by atoms with Crippen molar-refractivity contribution in [3.05, 3.63) is 72.3 Å². The number of hydrogen-bond acceptors (Lipinski definition) is 6. The quantitative estimate of drug-likeness (QED) is 0.431. The molecule has 4 rings (SSSR count). The van der Waals surface area contributed by atoms with E-state index >= 15 is 0 Å².